The minimum atomic E-state index is -3.10. The maximum atomic E-state index is 15.7. The van der Waals surface area contributed by atoms with Crippen molar-refractivity contribution in [2.75, 3.05) is 90.8 Å². The van der Waals surface area contributed by atoms with Crippen LogP contribution in [0.4, 0.5) is 14.0 Å². The van der Waals surface area contributed by atoms with Crippen molar-refractivity contribution < 1.29 is 36.4 Å². The topological polar surface area (TPSA) is 136 Å². The van der Waals surface area contributed by atoms with Crippen molar-refractivity contribution >= 4 is 92.4 Å². The van der Waals surface area contributed by atoms with E-state index in [1.165, 1.54) is 11.8 Å². The van der Waals surface area contributed by atoms with Gasteiger partial charge in [0.05, 0.1) is 54.7 Å². The zero-order valence-corrected chi connectivity index (χ0v) is 59.8. The number of likely N-dealkylation sites (tertiary alicyclic amines) is 1. The number of benzene rings is 6. The number of nitrogens with one attached hydrogen (secondary N) is 1. The summed E-state index contributed by atoms with van der Waals surface area (Å²) in [6, 6.07) is 41.3. The lowest BCUT2D eigenvalue weighted by Crippen LogP contribution is -2.67. The smallest absolute Gasteiger partial charge is 0.425 e. The highest BCUT2D eigenvalue weighted by molar-refractivity contribution is 7.90. The van der Waals surface area contributed by atoms with E-state index in [-0.39, 0.29) is 65.8 Å². The first-order chi connectivity index (χ1) is 44.4. The lowest BCUT2D eigenvalue weighted by Gasteiger charge is -2.48. The Morgan fingerprint density at radius 3 is 1.46 bits per heavy atom. The molecule has 0 unspecified atom stereocenters. The van der Waals surface area contributed by atoms with Crippen LogP contribution in [0.1, 0.15) is 149 Å². The third kappa shape index (κ3) is 16.8. The van der Waals surface area contributed by atoms with Gasteiger partial charge in [-0.25, -0.2) is 31.8 Å². The van der Waals surface area contributed by atoms with Crippen LogP contribution in [0.15, 0.2) is 143 Å². The van der Waals surface area contributed by atoms with Crippen molar-refractivity contribution in [3.05, 3.63) is 198 Å². The van der Waals surface area contributed by atoms with Crippen molar-refractivity contribution in [2.24, 2.45) is 9.98 Å². The first-order valence-corrected chi connectivity index (χ1v) is 36.1. The standard InChI is InChI=1S/C38H47Cl2N4O2.C35H41Cl2FN4O4S.ClH/c1-5-46-33-25-28(38(2,3)4)13-18-32(33)36-42-34(26-9-14-29(39)15-10-26)35(27-11-16-30(40)17-12-27)43(36)37(45)44(23-7-6-8-24-44)31-19-21-41-22-20-31;1-35(2,3)26-9-14-29(30(23-26)46-21-15-38)33-39-31(24-5-10-27(36)11-6-24)32(25-7-12-28(37)13-8-25)42(33)34(43)41-18-16-40(17-19-41)20-22-47(4,44)45;/h9-18,25,31,34-35,41H,5-8,19-24H2,1-4H3;5-14,23,31-32H,15-22H2,1-4H3;1H/q+1;;/t34-,35+;31-,32+;/m00./s1. The molecule has 5 aliphatic rings. The van der Waals surface area contributed by atoms with E-state index in [1.807, 2.05) is 103 Å². The average molecular weight is 1400 g/mol. The normalized spacial score (nSPS) is 20.4. The van der Waals surface area contributed by atoms with E-state index >= 15 is 4.79 Å². The molecule has 6 aromatic rings. The number of nitrogens with zero attached hydrogens (tertiary/aromatic N) is 7. The predicted molar refractivity (Wildman–Crippen MR) is 382 cm³/mol. The number of amidine groups is 2. The number of piperidine rings is 2. The van der Waals surface area contributed by atoms with E-state index in [4.69, 9.17) is 65.9 Å². The molecule has 3 saturated heterocycles. The maximum absolute atomic E-state index is 15.7. The first kappa shape index (κ1) is 72.5. The zero-order chi connectivity index (χ0) is 66.4. The first-order valence-electron chi connectivity index (χ1n) is 32.6. The largest absolute Gasteiger partial charge is 0.493 e. The van der Waals surface area contributed by atoms with Crippen LogP contribution in [0.2, 0.25) is 20.1 Å². The van der Waals surface area contributed by atoms with Crippen LogP contribution in [0.25, 0.3) is 0 Å². The molecule has 14 nitrogen and oxygen atoms in total. The molecular formula is C73H89Cl5FN8O6S+. The third-order valence-corrected chi connectivity index (χ3v) is 20.6. The number of quaternary nitrogens is 1. The Bertz CT molecular complexity index is 3760. The minimum absolute atomic E-state index is 0. The van der Waals surface area contributed by atoms with E-state index < -0.39 is 28.6 Å². The average Bonchev–Trinajstić information content (AvgIpc) is 1.59. The highest BCUT2D eigenvalue weighted by Gasteiger charge is 2.55. The van der Waals surface area contributed by atoms with E-state index in [1.54, 1.807) is 34.1 Å². The van der Waals surface area contributed by atoms with Gasteiger partial charge in [-0.1, -0.05) is 149 Å². The van der Waals surface area contributed by atoms with Gasteiger partial charge in [0.2, 0.25) is 0 Å². The molecule has 6 aromatic carbocycles. The molecular weight excluding hydrogens is 1310 g/mol. The molecule has 4 amide bonds. The molecule has 0 radical (unpaired) electrons. The van der Waals surface area contributed by atoms with Crippen LogP contribution in [0.3, 0.4) is 0 Å². The summed E-state index contributed by atoms with van der Waals surface area (Å²) >= 11 is 25.4. The summed E-state index contributed by atoms with van der Waals surface area (Å²) < 4.78 is 49.8. The highest BCUT2D eigenvalue weighted by Crippen LogP contribution is 2.49. The van der Waals surface area contributed by atoms with Gasteiger partial charge in [0.25, 0.3) is 0 Å². The van der Waals surface area contributed by atoms with Gasteiger partial charge >= 0.3 is 12.1 Å². The summed E-state index contributed by atoms with van der Waals surface area (Å²) in [4.78, 5) is 48.8. The number of rotatable bonds is 15. The highest BCUT2D eigenvalue weighted by atomic mass is 35.5. The van der Waals surface area contributed by atoms with E-state index in [9.17, 15) is 17.6 Å². The molecule has 5 aliphatic heterocycles. The number of hydrogen-bond acceptors (Lipinski definition) is 10. The number of hydrogen-bond donors (Lipinski definition) is 1. The zero-order valence-electron chi connectivity index (χ0n) is 55.1. The van der Waals surface area contributed by atoms with E-state index in [0.717, 1.165) is 97.4 Å². The van der Waals surface area contributed by atoms with Gasteiger partial charge in [-0.2, -0.15) is 0 Å². The molecule has 94 heavy (non-hydrogen) atoms. The SMILES string of the molecule is CC(C)(C)c1ccc(C2=N[C@@H](c3ccc(Cl)cc3)[C@@H](c3ccc(Cl)cc3)N2C(=O)N2CCN(CCS(C)(=O)=O)CC2)c(OCCF)c1.CCOc1cc(C(C)(C)C)ccc1C1=N[C@@H](c2ccc(Cl)cc2)[C@@H](c2ccc(Cl)cc2)N1C(=O)[N+]1(C2CCNCC2)CCCCC1.Cl. The summed E-state index contributed by atoms with van der Waals surface area (Å²) in [5, 5.41) is 6.01. The van der Waals surface area contributed by atoms with Gasteiger partial charge in [0.15, 0.2) is 0 Å². The van der Waals surface area contributed by atoms with Gasteiger partial charge in [0, 0.05) is 85.0 Å². The van der Waals surface area contributed by atoms with Crippen LogP contribution in [-0.2, 0) is 20.7 Å². The van der Waals surface area contributed by atoms with Gasteiger partial charge in [0.1, 0.15) is 58.4 Å². The lowest BCUT2D eigenvalue weighted by molar-refractivity contribution is -0.884. The Kier molecular flexibility index (Phi) is 24.0. The number of aliphatic imine (C=N–C) groups is 2. The maximum Gasteiger partial charge on any atom is 0.425 e. The van der Waals surface area contributed by atoms with Crippen molar-refractivity contribution in [1.29, 1.82) is 0 Å². The van der Waals surface area contributed by atoms with Crippen molar-refractivity contribution in [1.82, 2.24) is 24.9 Å². The second-order valence-corrected chi connectivity index (χ2v) is 31.1. The molecule has 1 N–H and O–H groups in total. The van der Waals surface area contributed by atoms with Gasteiger partial charge in [-0.05, 0) is 143 Å². The molecule has 0 aliphatic carbocycles. The molecule has 0 bridgehead atoms. The Morgan fingerprint density at radius 1 is 0.606 bits per heavy atom. The van der Waals surface area contributed by atoms with Crippen molar-refractivity contribution in [3.63, 3.8) is 0 Å². The van der Waals surface area contributed by atoms with Gasteiger partial charge < -0.3 is 19.7 Å². The Hall–Kier alpha value is -5.79. The van der Waals surface area contributed by atoms with Crippen LogP contribution in [0.5, 0.6) is 11.5 Å². The van der Waals surface area contributed by atoms with Crippen LogP contribution >= 0.6 is 58.8 Å². The van der Waals surface area contributed by atoms with Crippen LogP contribution < -0.4 is 14.8 Å². The third-order valence-electron chi connectivity index (χ3n) is 18.6. The second kappa shape index (κ2) is 31.2. The molecule has 5 heterocycles. The van der Waals surface area contributed by atoms with Crippen LogP contribution in [-0.4, -0.2) is 153 Å². The number of urea groups is 2. The fraction of sp³-hybridized carbons (Fsp3) is 0.452. The Morgan fingerprint density at radius 2 is 1.03 bits per heavy atom. The molecule has 0 saturated carbocycles. The van der Waals surface area contributed by atoms with Crippen molar-refractivity contribution in [2.45, 2.75) is 122 Å². The Labute approximate surface area is 581 Å². The molecule has 4 atom stereocenters. The summed E-state index contributed by atoms with van der Waals surface area (Å²) in [7, 11) is -3.10. The summed E-state index contributed by atoms with van der Waals surface area (Å²) in [5.41, 5.74) is 7.06. The van der Waals surface area contributed by atoms with Crippen LogP contribution in [0, 0.1) is 0 Å². The summed E-state index contributed by atoms with van der Waals surface area (Å²) in [6.07, 6.45) is 6.47. The number of carbonyl (C=O) groups is 2. The number of alkyl halides is 1. The number of halogens is 6. The number of amides is 4. The Balaban J connectivity index is 0.000000219. The van der Waals surface area contributed by atoms with Gasteiger partial charge in [-0.3, -0.25) is 19.8 Å². The monoisotopic (exact) mass is 1400 g/mol. The predicted octanol–water partition coefficient (Wildman–Crippen LogP) is 16.5. The number of sulfone groups is 1. The fourth-order valence-electron chi connectivity index (χ4n) is 13.5. The van der Waals surface area contributed by atoms with E-state index in [2.05, 4.69) is 70.0 Å². The van der Waals surface area contributed by atoms with Gasteiger partial charge in [-0.15, -0.1) is 12.4 Å². The quantitative estimate of drug-likeness (QED) is 0.100. The van der Waals surface area contributed by atoms with E-state index in [0.29, 0.717) is 86.9 Å². The number of piperazine rings is 1. The molecule has 21 heteroatoms. The molecule has 11 rings (SSSR count). The summed E-state index contributed by atoms with van der Waals surface area (Å²) in [6.45, 7) is 20.5. The minimum Gasteiger partial charge on any atom is -0.493 e. The molecule has 504 valence electrons. The fourth-order valence-corrected chi connectivity index (χ4v) is 14.6. The molecule has 0 spiro atoms. The molecule has 0 aromatic heterocycles. The lowest BCUT2D eigenvalue weighted by atomic mass is 9.86. The molecule has 3 fully saturated rings. The number of ether oxygens (including phenoxy) is 2. The summed E-state index contributed by atoms with van der Waals surface area (Å²) in [5.74, 6) is 2.36. The second-order valence-electron chi connectivity index (χ2n) is 27.1. The number of carbonyl (C=O) groups excluding carboxylic acids is 2. The van der Waals surface area contributed by atoms with Crippen molar-refractivity contribution in [3.8, 4) is 11.5 Å².